The summed E-state index contributed by atoms with van der Waals surface area (Å²) in [7, 11) is 0. The molecule has 4 aromatic rings. The summed E-state index contributed by atoms with van der Waals surface area (Å²) < 4.78 is 0. The van der Waals surface area contributed by atoms with Crippen molar-refractivity contribution in [2.24, 2.45) is 5.92 Å². The Morgan fingerprint density at radius 1 is 0.857 bits per heavy atom. The average Bonchev–Trinajstić information content (AvgIpc) is 3.23. The van der Waals surface area contributed by atoms with Crippen LogP contribution in [0.25, 0.3) is 32.9 Å². The quantitative estimate of drug-likeness (QED) is 0.367. The number of Topliss-reactive ketones (excluding diaryl/α,β-unsaturated/α-hetero) is 2. The van der Waals surface area contributed by atoms with E-state index >= 15 is 0 Å². The maximum Gasteiger partial charge on any atom is 0.181 e. The van der Waals surface area contributed by atoms with E-state index in [1.807, 2.05) is 38.1 Å². The number of hydrogen-bond acceptors (Lipinski definition) is 2. The number of aromatic nitrogens is 2. The Kier molecular flexibility index (Phi) is 4.56. The van der Waals surface area contributed by atoms with Crippen LogP contribution in [0.2, 0.25) is 10.0 Å². The highest BCUT2D eigenvalue weighted by Gasteiger charge is 2.18. The van der Waals surface area contributed by atoms with Crippen LogP contribution in [0.5, 0.6) is 0 Å². The Hall–Kier alpha value is -2.56. The lowest BCUT2D eigenvalue weighted by Gasteiger charge is -2.08. The van der Waals surface area contributed by atoms with Gasteiger partial charge >= 0.3 is 0 Å². The zero-order valence-corrected chi connectivity index (χ0v) is 17.1. The number of aromatic amines is 2. The number of nitrogens with one attached hydrogen (secondary N) is 2. The Morgan fingerprint density at radius 2 is 1.54 bits per heavy atom. The molecule has 0 aliphatic rings. The number of benzene rings is 2. The SMILES string of the molecule is CC(=O)c1cc2cc(Cl)cc(-c3cc(Cl)cc4[nH]c(C(=O)C(C)C)cc34)c2[nH]1. The van der Waals surface area contributed by atoms with Crippen molar-refractivity contribution in [3.8, 4) is 11.1 Å². The lowest BCUT2D eigenvalue weighted by atomic mass is 9.99. The van der Waals surface area contributed by atoms with Crippen molar-refractivity contribution in [1.29, 1.82) is 0 Å². The van der Waals surface area contributed by atoms with Crippen molar-refractivity contribution in [2.75, 3.05) is 0 Å². The molecular formula is C22H18Cl2N2O2. The fraction of sp³-hybridized carbons (Fsp3) is 0.182. The minimum Gasteiger partial charge on any atom is -0.352 e. The first-order valence-corrected chi connectivity index (χ1v) is 9.70. The monoisotopic (exact) mass is 412 g/mol. The second-order valence-corrected chi connectivity index (χ2v) is 8.15. The maximum absolute atomic E-state index is 12.5. The molecule has 0 bridgehead atoms. The van der Waals surface area contributed by atoms with Gasteiger partial charge in [0.2, 0.25) is 0 Å². The topological polar surface area (TPSA) is 65.7 Å². The van der Waals surface area contributed by atoms with Crippen LogP contribution in [0.1, 0.15) is 41.7 Å². The molecule has 0 fully saturated rings. The summed E-state index contributed by atoms with van der Waals surface area (Å²) in [5.74, 6) is -0.138. The zero-order valence-electron chi connectivity index (χ0n) is 15.6. The molecular weight excluding hydrogens is 395 g/mol. The van der Waals surface area contributed by atoms with Crippen LogP contribution in [0, 0.1) is 5.92 Å². The summed E-state index contributed by atoms with van der Waals surface area (Å²) in [4.78, 5) is 30.7. The molecule has 0 amide bonds. The Labute approximate surface area is 171 Å². The minimum absolute atomic E-state index is 0.0354. The van der Waals surface area contributed by atoms with Crippen LogP contribution in [-0.2, 0) is 0 Å². The molecule has 4 rings (SSSR count). The van der Waals surface area contributed by atoms with Crippen LogP contribution in [-0.4, -0.2) is 21.5 Å². The van der Waals surface area contributed by atoms with E-state index in [1.54, 1.807) is 12.1 Å². The van der Waals surface area contributed by atoms with E-state index < -0.39 is 0 Å². The van der Waals surface area contributed by atoms with Gasteiger partial charge in [0.15, 0.2) is 11.6 Å². The second-order valence-electron chi connectivity index (χ2n) is 7.27. The lowest BCUT2D eigenvalue weighted by Crippen LogP contribution is -2.07. The smallest absolute Gasteiger partial charge is 0.181 e. The van der Waals surface area contributed by atoms with Crippen LogP contribution < -0.4 is 0 Å². The molecule has 0 aliphatic heterocycles. The van der Waals surface area contributed by atoms with E-state index in [9.17, 15) is 9.59 Å². The summed E-state index contributed by atoms with van der Waals surface area (Å²) in [6, 6.07) is 10.9. The highest BCUT2D eigenvalue weighted by Crippen LogP contribution is 2.38. The van der Waals surface area contributed by atoms with Crippen molar-refractivity contribution in [3.63, 3.8) is 0 Å². The summed E-state index contributed by atoms with van der Waals surface area (Å²) in [6.07, 6.45) is 0. The normalized spacial score (nSPS) is 11.6. The zero-order chi connectivity index (χ0) is 20.2. The Balaban J connectivity index is 2.03. The summed E-state index contributed by atoms with van der Waals surface area (Å²) in [5, 5.41) is 2.81. The third-order valence-corrected chi connectivity index (χ3v) is 5.29. The predicted octanol–water partition coefficient (Wildman–Crippen LogP) is 6.66. The van der Waals surface area contributed by atoms with Gasteiger partial charge in [0.25, 0.3) is 0 Å². The molecule has 2 aromatic heterocycles. The number of fused-ring (bicyclic) bond motifs is 2. The van der Waals surface area contributed by atoms with Gasteiger partial charge in [0.05, 0.1) is 16.9 Å². The molecule has 0 saturated heterocycles. The number of hydrogen-bond donors (Lipinski definition) is 2. The van der Waals surface area contributed by atoms with E-state index in [2.05, 4.69) is 9.97 Å². The van der Waals surface area contributed by atoms with E-state index in [4.69, 9.17) is 23.2 Å². The number of rotatable bonds is 4. The van der Waals surface area contributed by atoms with E-state index in [0.29, 0.717) is 21.4 Å². The van der Waals surface area contributed by atoms with Gasteiger partial charge < -0.3 is 9.97 Å². The lowest BCUT2D eigenvalue weighted by molar-refractivity contribution is 0.0934. The molecule has 2 aromatic carbocycles. The van der Waals surface area contributed by atoms with Crippen LogP contribution in [0.15, 0.2) is 36.4 Å². The maximum atomic E-state index is 12.5. The van der Waals surface area contributed by atoms with Crippen molar-refractivity contribution in [3.05, 3.63) is 57.8 Å². The van der Waals surface area contributed by atoms with Gasteiger partial charge in [0.1, 0.15) is 0 Å². The fourth-order valence-electron chi connectivity index (χ4n) is 3.48. The molecule has 2 N–H and O–H groups in total. The molecule has 142 valence electrons. The molecule has 4 nitrogen and oxygen atoms in total. The molecule has 0 radical (unpaired) electrons. The number of carbonyl (C=O) groups is 2. The molecule has 0 saturated carbocycles. The predicted molar refractivity (Wildman–Crippen MR) is 115 cm³/mol. The first-order valence-electron chi connectivity index (χ1n) is 8.94. The Bertz CT molecular complexity index is 1260. The standard InChI is InChI=1S/C22H18Cl2N2O2/c1-10(2)22(28)20-9-16-15(6-14(24)8-19(16)25-20)17-7-13(23)4-12-5-18(11(3)27)26-21(12)17/h4-10,25-26H,1-3H3. The van der Waals surface area contributed by atoms with Crippen LogP contribution >= 0.6 is 23.2 Å². The van der Waals surface area contributed by atoms with E-state index in [-0.39, 0.29) is 17.5 Å². The molecule has 2 heterocycles. The highest BCUT2D eigenvalue weighted by molar-refractivity contribution is 6.33. The number of carbonyl (C=O) groups excluding carboxylic acids is 2. The van der Waals surface area contributed by atoms with Crippen molar-refractivity contribution in [2.45, 2.75) is 20.8 Å². The van der Waals surface area contributed by atoms with Gasteiger partial charge in [0, 0.05) is 44.7 Å². The summed E-state index contributed by atoms with van der Waals surface area (Å²) in [6.45, 7) is 5.24. The van der Waals surface area contributed by atoms with Crippen molar-refractivity contribution < 1.29 is 9.59 Å². The van der Waals surface area contributed by atoms with Crippen LogP contribution in [0.3, 0.4) is 0 Å². The van der Waals surface area contributed by atoms with Gasteiger partial charge in [-0.15, -0.1) is 0 Å². The molecule has 6 heteroatoms. The molecule has 0 spiro atoms. The Morgan fingerprint density at radius 3 is 2.21 bits per heavy atom. The van der Waals surface area contributed by atoms with Crippen molar-refractivity contribution in [1.82, 2.24) is 9.97 Å². The first-order chi connectivity index (χ1) is 13.2. The van der Waals surface area contributed by atoms with Gasteiger partial charge in [-0.2, -0.15) is 0 Å². The number of H-pyrrole nitrogens is 2. The van der Waals surface area contributed by atoms with E-state index in [0.717, 1.165) is 32.9 Å². The van der Waals surface area contributed by atoms with Gasteiger partial charge in [-0.3, -0.25) is 9.59 Å². The third-order valence-electron chi connectivity index (χ3n) is 4.86. The first kappa shape index (κ1) is 18.8. The fourth-order valence-corrected chi connectivity index (χ4v) is 3.92. The van der Waals surface area contributed by atoms with E-state index in [1.165, 1.54) is 6.92 Å². The minimum atomic E-state index is -0.119. The second kappa shape index (κ2) is 6.80. The molecule has 0 atom stereocenters. The van der Waals surface area contributed by atoms with Gasteiger partial charge in [-0.05, 0) is 42.0 Å². The van der Waals surface area contributed by atoms with Crippen molar-refractivity contribution >= 4 is 56.6 Å². The molecule has 0 unspecified atom stereocenters. The van der Waals surface area contributed by atoms with Crippen LogP contribution in [0.4, 0.5) is 0 Å². The number of ketones is 2. The summed E-state index contributed by atoms with van der Waals surface area (Å²) in [5.41, 5.74) is 4.30. The highest BCUT2D eigenvalue weighted by atomic mass is 35.5. The third kappa shape index (κ3) is 3.13. The number of halogens is 2. The van der Waals surface area contributed by atoms with Gasteiger partial charge in [-0.25, -0.2) is 0 Å². The summed E-state index contributed by atoms with van der Waals surface area (Å²) >= 11 is 12.7. The average molecular weight is 413 g/mol. The molecule has 0 aliphatic carbocycles. The van der Waals surface area contributed by atoms with Gasteiger partial charge in [-0.1, -0.05) is 37.0 Å². The largest absolute Gasteiger partial charge is 0.352 e. The molecule has 28 heavy (non-hydrogen) atoms.